The largest absolute Gasteiger partial charge is 0.494 e. The van der Waals surface area contributed by atoms with Crippen molar-refractivity contribution >= 4 is 0 Å². The van der Waals surface area contributed by atoms with Gasteiger partial charge in [-0.05, 0) is 68.7 Å². The number of nitrogens with zero attached hydrogens (tertiary/aromatic N) is 3. The van der Waals surface area contributed by atoms with E-state index in [0.29, 0.717) is 13.2 Å². The molecule has 5 nitrogen and oxygen atoms in total. The molecule has 5 rings (SSSR count). The second-order valence-corrected chi connectivity index (χ2v) is 11.3. The van der Waals surface area contributed by atoms with Gasteiger partial charge in [0.1, 0.15) is 17.3 Å². The highest BCUT2D eigenvalue weighted by Gasteiger charge is 2.22. The zero-order chi connectivity index (χ0) is 30.7. The molecule has 0 saturated carbocycles. The number of aryl methyl sites for hydroxylation is 1. The lowest BCUT2D eigenvalue weighted by Gasteiger charge is -2.25. The van der Waals surface area contributed by atoms with Crippen LogP contribution in [0.2, 0.25) is 0 Å². The molecule has 44 heavy (non-hydrogen) atoms. The van der Waals surface area contributed by atoms with Gasteiger partial charge in [-0.25, -0.2) is 4.98 Å². The summed E-state index contributed by atoms with van der Waals surface area (Å²) in [6, 6.07) is 36.3. The van der Waals surface area contributed by atoms with Crippen LogP contribution in [0.4, 0.5) is 0 Å². The van der Waals surface area contributed by atoms with Gasteiger partial charge < -0.3 is 14.0 Å². The first-order chi connectivity index (χ1) is 21.6. The van der Waals surface area contributed by atoms with E-state index < -0.39 is 0 Å². The molecule has 0 radical (unpaired) electrons. The Balaban J connectivity index is 1.61. The molecule has 0 N–H and O–H groups in total. The van der Waals surface area contributed by atoms with Gasteiger partial charge in [0.25, 0.3) is 0 Å². The minimum absolute atomic E-state index is 0.649. The Morgan fingerprint density at radius 1 is 0.659 bits per heavy atom. The lowest BCUT2D eigenvalue weighted by atomic mass is 10.1. The van der Waals surface area contributed by atoms with E-state index in [1.807, 2.05) is 26.0 Å². The predicted octanol–water partition coefficient (Wildman–Crippen LogP) is 9.33. The number of ether oxygens (including phenoxy) is 2. The van der Waals surface area contributed by atoms with Crippen molar-refractivity contribution in [3.8, 4) is 34.1 Å². The van der Waals surface area contributed by atoms with Crippen molar-refractivity contribution in [1.82, 2.24) is 14.5 Å². The smallest absolute Gasteiger partial charge is 0.140 e. The molecule has 0 aliphatic rings. The van der Waals surface area contributed by atoms with Crippen LogP contribution in [0.15, 0.2) is 103 Å². The van der Waals surface area contributed by atoms with Crippen LogP contribution >= 0.6 is 0 Å². The van der Waals surface area contributed by atoms with E-state index in [1.165, 1.54) is 22.4 Å². The van der Waals surface area contributed by atoms with Gasteiger partial charge >= 0.3 is 0 Å². The van der Waals surface area contributed by atoms with Gasteiger partial charge in [-0.2, -0.15) is 0 Å². The van der Waals surface area contributed by atoms with Crippen molar-refractivity contribution in [2.24, 2.45) is 0 Å². The predicted molar refractivity (Wildman–Crippen MR) is 181 cm³/mol. The van der Waals surface area contributed by atoms with Gasteiger partial charge in [0.05, 0.1) is 24.6 Å². The van der Waals surface area contributed by atoms with Crippen LogP contribution in [0.1, 0.15) is 56.0 Å². The van der Waals surface area contributed by atoms with Crippen LogP contribution in [0.25, 0.3) is 22.6 Å². The van der Waals surface area contributed by atoms with E-state index in [9.17, 15) is 0 Å². The molecule has 5 aromatic rings. The van der Waals surface area contributed by atoms with E-state index in [0.717, 1.165) is 73.2 Å². The van der Waals surface area contributed by atoms with Crippen LogP contribution in [0.5, 0.6) is 11.5 Å². The average Bonchev–Trinajstić information content (AvgIpc) is 3.39. The van der Waals surface area contributed by atoms with Crippen molar-refractivity contribution in [1.29, 1.82) is 0 Å². The molecule has 1 aromatic heterocycles. The molecule has 5 heteroatoms. The molecule has 1 heterocycles. The van der Waals surface area contributed by atoms with Gasteiger partial charge in [0, 0.05) is 37.3 Å². The lowest BCUT2D eigenvalue weighted by molar-refractivity contribution is 0.240. The number of rotatable bonds is 15. The Morgan fingerprint density at radius 3 is 1.86 bits per heavy atom. The number of aromatic nitrogens is 2. The van der Waals surface area contributed by atoms with Crippen molar-refractivity contribution in [3.05, 3.63) is 126 Å². The number of benzene rings is 4. The number of imidazole rings is 1. The summed E-state index contributed by atoms with van der Waals surface area (Å²) in [4.78, 5) is 7.90. The minimum Gasteiger partial charge on any atom is -0.494 e. The molecule has 0 amide bonds. The third-order valence-corrected chi connectivity index (χ3v) is 7.74. The van der Waals surface area contributed by atoms with E-state index in [1.54, 1.807) is 0 Å². The third-order valence-electron chi connectivity index (χ3n) is 7.74. The van der Waals surface area contributed by atoms with Crippen LogP contribution < -0.4 is 9.47 Å². The maximum absolute atomic E-state index is 5.86. The Bertz CT molecular complexity index is 1570. The van der Waals surface area contributed by atoms with E-state index in [2.05, 4.69) is 114 Å². The highest BCUT2D eigenvalue weighted by Crippen LogP contribution is 2.32. The molecule has 0 unspecified atom stereocenters. The maximum Gasteiger partial charge on any atom is 0.140 e. The van der Waals surface area contributed by atoms with Crippen LogP contribution in [-0.2, 0) is 26.2 Å². The van der Waals surface area contributed by atoms with Crippen LogP contribution in [0.3, 0.4) is 0 Å². The SMILES string of the molecule is CCCCn1c(-c2ccccc2)nc(-c2cccc(C)c2)c1CN(Cc1cccc(OCC)c1)Cc1cccc(OCC)c1. The molecule has 0 aliphatic carbocycles. The molecular formula is C39H45N3O2. The summed E-state index contributed by atoms with van der Waals surface area (Å²) >= 11 is 0. The van der Waals surface area contributed by atoms with Gasteiger partial charge in [-0.1, -0.05) is 91.7 Å². The quantitative estimate of drug-likeness (QED) is 0.122. The van der Waals surface area contributed by atoms with E-state index in [-0.39, 0.29) is 0 Å². The first kappa shape index (κ1) is 31.1. The molecule has 0 atom stereocenters. The second-order valence-electron chi connectivity index (χ2n) is 11.3. The molecule has 0 aliphatic heterocycles. The van der Waals surface area contributed by atoms with Crippen LogP contribution in [0, 0.1) is 6.92 Å². The Hall–Kier alpha value is -4.35. The summed E-state index contributed by atoms with van der Waals surface area (Å²) in [7, 11) is 0. The van der Waals surface area contributed by atoms with Crippen molar-refractivity contribution in [2.75, 3.05) is 13.2 Å². The van der Waals surface area contributed by atoms with Crippen molar-refractivity contribution in [3.63, 3.8) is 0 Å². The number of hydrogen-bond acceptors (Lipinski definition) is 4. The summed E-state index contributed by atoms with van der Waals surface area (Å²) in [5.74, 6) is 2.84. The summed E-state index contributed by atoms with van der Waals surface area (Å²) in [6.45, 7) is 13.0. The fourth-order valence-corrected chi connectivity index (χ4v) is 5.73. The summed E-state index contributed by atoms with van der Waals surface area (Å²) in [6.07, 6.45) is 2.20. The van der Waals surface area contributed by atoms with Crippen molar-refractivity contribution < 1.29 is 9.47 Å². The zero-order valence-electron chi connectivity index (χ0n) is 26.6. The minimum atomic E-state index is 0.649. The Labute approximate surface area is 263 Å². The summed E-state index contributed by atoms with van der Waals surface area (Å²) < 4.78 is 14.2. The van der Waals surface area contributed by atoms with Gasteiger partial charge in [-0.15, -0.1) is 0 Å². The molecule has 0 saturated heterocycles. The highest BCUT2D eigenvalue weighted by molar-refractivity contribution is 5.69. The van der Waals surface area contributed by atoms with E-state index >= 15 is 0 Å². The monoisotopic (exact) mass is 587 g/mol. The molecular weight excluding hydrogens is 542 g/mol. The average molecular weight is 588 g/mol. The summed E-state index contributed by atoms with van der Waals surface area (Å²) in [5.41, 5.74) is 8.27. The maximum atomic E-state index is 5.86. The fourth-order valence-electron chi connectivity index (χ4n) is 5.73. The molecule has 4 aromatic carbocycles. The zero-order valence-corrected chi connectivity index (χ0v) is 26.6. The topological polar surface area (TPSA) is 39.5 Å². The first-order valence-corrected chi connectivity index (χ1v) is 16.0. The van der Waals surface area contributed by atoms with E-state index in [4.69, 9.17) is 14.5 Å². The standard InChI is InChI=1S/C39H45N3O2/c1-5-8-23-42-37(38(34-20-12-15-30(4)24-34)40-39(42)33-18-10-9-11-19-33)29-41(27-31-16-13-21-35(25-31)43-6-2)28-32-17-14-22-36(26-32)44-7-3/h9-22,24-26H,5-8,23,27-29H2,1-4H3. The molecule has 0 fully saturated rings. The lowest BCUT2D eigenvalue weighted by Crippen LogP contribution is -2.24. The fraction of sp³-hybridized carbons (Fsp3) is 0.308. The molecule has 0 bridgehead atoms. The summed E-state index contributed by atoms with van der Waals surface area (Å²) in [5, 5.41) is 0. The highest BCUT2D eigenvalue weighted by atomic mass is 16.5. The third kappa shape index (κ3) is 7.97. The second kappa shape index (κ2) is 15.4. The Morgan fingerprint density at radius 2 is 1.27 bits per heavy atom. The van der Waals surface area contributed by atoms with Gasteiger partial charge in [0.2, 0.25) is 0 Å². The van der Waals surface area contributed by atoms with Crippen molar-refractivity contribution in [2.45, 2.75) is 66.7 Å². The molecule has 0 spiro atoms. The normalized spacial score (nSPS) is 11.2. The number of unbranched alkanes of at least 4 members (excludes halogenated alkanes) is 1. The molecule has 228 valence electrons. The Kier molecular flexibility index (Phi) is 10.9. The van der Waals surface area contributed by atoms with Gasteiger partial charge in [-0.3, -0.25) is 4.90 Å². The first-order valence-electron chi connectivity index (χ1n) is 16.0. The number of hydrogen-bond donors (Lipinski definition) is 0. The van der Waals surface area contributed by atoms with Crippen LogP contribution in [-0.4, -0.2) is 27.7 Å². The van der Waals surface area contributed by atoms with Gasteiger partial charge in [0.15, 0.2) is 0 Å².